The van der Waals surface area contributed by atoms with Crippen LogP contribution in [-0.4, -0.2) is 9.55 Å². The van der Waals surface area contributed by atoms with E-state index in [0.29, 0.717) is 5.82 Å². The SMILES string of the molecule is Cn1c(C=C(C#N)C#N)nc2ccccc21. The summed E-state index contributed by atoms with van der Waals surface area (Å²) in [5, 5.41) is 17.4. The molecule has 1 heterocycles. The second-order valence-corrected chi connectivity index (χ2v) is 3.30. The highest BCUT2D eigenvalue weighted by atomic mass is 15.0. The number of hydrogen-bond acceptors (Lipinski definition) is 3. The van der Waals surface area contributed by atoms with Crippen molar-refractivity contribution in [2.24, 2.45) is 7.05 Å². The van der Waals surface area contributed by atoms with Gasteiger partial charge >= 0.3 is 0 Å². The summed E-state index contributed by atoms with van der Waals surface area (Å²) in [7, 11) is 1.85. The number of benzene rings is 1. The van der Waals surface area contributed by atoms with Gasteiger partial charge < -0.3 is 4.57 Å². The average Bonchev–Trinajstić information content (AvgIpc) is 2.64. The molecule has 1 aromatic carbocycles. The van der Waals surface area contributed by atoms with E-state index in [1.165, 1.54) is 6.08 Å². The fourth-order valence-corrected chi connectivity index (χ4v) is 1.51. The van der Waals surface area contributed by atoms with Crippen LogP contribution in [0.5, 0.6) is 0 Å². The molecule has 0 aliphatic rings. The molecule has 0 amide bonds. The number of fused-ring (bicyclic) bond motifs is 1. The van der Waals surface area contributed by atoms with E-state index >= 15 is 0 Å². The number of aryl methyl sites for hydroxylation is 1. The van der Waals surface area contributed by atoms with Crippen molar-refractivity contribution in [3.63, 3.8) is 0 Å². The number of imidazole rings is 1. The summed E-state index contributed by atoms with van der Waals surface area (Å²) in [6.45, 7) is 0. The van der Waals surface area contributed by atoms with Crippen LogP contribution in [0.25, 0.3) is 17.1 Å². The van der Waals surface area contributed by atoms with Gasteiger partial charge in [-0.25, -0.2) is 4.98 Å². The minimum absolute atomic E-state index is 0.0541. The van der Waals surface area contributed by atoms with Crippen LogP contribution in [0.2, 0.25) is 0 Å². The predicted octanol–water partition coefficient (Wildman–Crippen LogP) is 2.00. The number of para-hydroxylation sites is 2. The van der Waals surface area contributed by atoms with Crippen molar-refractivity contribution < 1.29 is 0 Å². The van der Waals surface area contributed by atoms with Crippen LogP contribution in [-0.2, 0) is 7.05 Å². The molecular weight excluding hydrogens is 200 g/mol. The molecule has 0 fully saturated rings. The Kier molecular flexibility index (Phi) is 2.41. The van der Waals surface area contributed by atoms with E-state index in [2.05, 4.69) is 4.98 Å². The molecule has 76 valence electrons. The summed E-state index contributed by atoms with van der Waals surface area (Å²) in [4.78, 5) is 4.33. The molecule has 0 bridgehead atoms. The highest BCUT2D eigenvalue weighted by molar-refractivity contribution is 5.78. The van der Waals surface area contributed by atoms with Gasteiger partial charge in [-0.1, -0.05) is 12.1 Å². The van der Waals surface area contributed by atoms with Crippen molar-refractivity contribution in [3.8, 4) is 12.1 Å². The third kappa shape index (κ3) is 1.53. The van der Waals surface area contributed by atoms with Crippen molar-refractivity contribution in [1.82, 2.24) is 9.55 Å². The number of nitriles is 2. The van der Waals surface area contributed by atoms with Gasteiger partial charge in [0.15, 0.2) is 0 Å². The first-order valence-electron chi connectivity index (χ1n) is 4.69. The highest BCUT2D eigenvalue weighted by Gasteiger charge is 2.05. The summed E-state index contributed by atoms with van der Waals surface area (Å²) in [5.74, 6) is 0.610. The highest BCUT2D eigenvalue weighted by Crippen LogP contribution is 2.15. The average molecular weight is 208 g/mol. The van der Waals surface area contributed by atoms with Crippen molar-refractivity contribution in [2.45, 2.75) is 0 Å². The number of allylic oxidation sites excluding steroid dienone is 1. The van der Waals surface area contributed by atoms with Gasteiger partial charge in [-0.15, -0.1) is 0 Å². The summed E-state index contributed by atoms with van der Waals surface area (Å²) in [6, 6.07) is 11.3. The zero-order chi connectivity index (χ0) is 11.5. The summed E-state index contributed by atoms with van der Waals surface area (Å²) in [5.41, 5.74) is 1.88. The molecule has 0 radical (unpaired) electrons. The van der Waals surface area contributed by atoms with Crippen molar-refractivity contribution in [1.29, 1.82) is 10.5 Å². The summed E-state index contributed by atoms with van der Waals surface area (Å²) < 4.78 is 1.85. The molecule has 0 aliphatic carbocycles. The minimum Gasteiger partial charge on any atom is -0.328 e. The Morgan fingerprint density at radius 3 is 2.62 bits per heavy atom. The third-order valence-corrected chi connectivity index (χ3v) is 2.34. The van der Waals surface area contributed by atoms with E-state index in [4.69, 9.17) is 10.5 Å². The predicted molar refractivity (Wildman–Crippen MR) is 59.9 cm³/mol. The van der Waals surface area contributed by atoms with Gasteiger partial charge in [0.2, 0.25) is 0 Å². The molecule has 2 rings (SSSR count). The molecular formula is C12H8N4. The molecule has 0 unspecified atom stereocenters. The van der Waals surface area contributed by atoms with Crippen LogP contribution in [0, 0.1) is 22.7 Å². The van der Waals surface area contributed by atoms with Crippen LogP contribution in [0.1, 0.15) is 5.82 Å². The lowest BCUT2D eigenvalue weighted by molar-refractivity contribution is 0.929. The third-order valence-electron chi connectivity index (χ3n) is 2.34. The molecule has 0 saturated heterocycles. The Morgan fingerprint density at radius 2 is 2.00 bits per heavy atom. The fourth-order valence-electron chi connectivity index (χ4n) is 1.51. The maximum atomic E-state index is 8.68. The first-order chi connectivity index (χ1) is 7.76. The number of aromatic nitrogens is 2. The standard InChI is InChI=1S/C12H8N4/c1-16-11-5-3-2-4-10(11)15-12(16)6-9(7-13)8-14/h2-6H,1H3. The second kappa shape index (κ2) is 3.88. The summed E-state index contributed by atoms with van der Waals surface area (Å²) >= 11 is 0. The van der Waals surface area contributed by atoms with E-state index in [1.807, 2.05) is 48.0 Å². The van der Waals surface area contributed by atoms with Gasteiger partial charge in [0.25, 0.3) is 0 Å². The van der Waals surface area contributed by atoms with Gasteiger partial charge in [0, 0.05) is 13.1 Å². The van der Waals surface area contributed by atoms with Crippen LogP contribution in [0.15, 0.2) is 29.8 Å². The van der Waals surface area contributed by atoms with Crippen LogP contribution in [0.3, 0.4) is 0 Å². The van der Waals surface area contributed by atoms with Crippen LogP contribution in [0.4, 0.5) is 0 Å². The molecule has 0 saturated carbocycles. The summed E-state index contributed by atoms with van der Waals surface area (Å²) in [6.07, 6.45) is 1.49. The van der Waals surface area contributed by atoms with Gasteiger partial charge in [0.1, 0.15) is 23.5 Å². The zero-order valence-corrected chi connectivity index (χ0v) is 8.68. The van der Waals surface area contributed by atoms with Crippen molar-refractivity contribution in [3.05, 3.63) is 35.7 Å². The largest absolute Gasteiger partial charge is 0.328 e. The molecule has 0 aliphatic heterocycles. The minimum atomic E-state index is 0.0541. The Morgan fingerprint density at radius 1 is 1.31 bits per heavy atom. The lowest BCUT2D eigenvalue weighted by Gasteiger charge is -1.95. The molecule has 4 nitrogen and oxygen atoms in total. The van der Waals surface area contributed by atoms with E-state index in [0.717, 1.165) is 11.0 Å². The number of nitrogens with zero attached hydrogens (tertiary/aromatic N) is 4. The Balaban J connectivity index is 2.65. The van der Waals surface area contributed by atoms with Crippen LogP contribution < -0.4 is 0 Å². The number of hydrogen-bond donors (Lipinski definition) is 0. The maximum absolute atomic E-state index is 8.68. The first kappa shape index (κ1) is 9.95. The molecule has 0 N–H and O–H groups in total. The molecule has 1 aromatic heterocycles. The van der Waals surface area contributed by atoms with E-state index in [-0.39, 0.29) is 5.57 Å². The van der Waals surface area contributed by atoms with Crippen LogP contribution >= 0.6 is 0 Å². The molecule has 0 atom stereocenters. The maximum Gasteiger partial charge on any atom is 0.135 e. The van der Waals surface area contributed by atoms with Gasteiger partial charge in [0.05, 0.1) is 11.0 Å². The zero-order valence-electron chi connectivity index (χ0n) is 8.68. The molecule has 0 spiro atoms. The van der Waals surface area contributed by atoms with Gasteiger partial charge in [-0.05, 0) is 12.1 Å². The van der Waals surface area contributed by atoms with Crippen molar-refractivity contribution >= 4 is 17.1 Å². The Labute approximate surface area is 92.7 Å². The van der Waals surface area contributed by atoms with E-state index in [9.17, 15) is 0 Å². The van der Waals surface area contributed by atoms with Gasteiger partial charge in [-0.2, -0.15) is 10.5 Å². The van der Waals surface area contributed by atoms with E-state index < -0.39 is 0 Å². The smallest absolute Gasteiger partial charge is 0.135 e. The normalized spacial score (nSPS) is 9.44. The molecule has 16 heavy (non-hydrogen) atoms. The quantitative estimate of drug-likeness (QED) is 0.673. The Hall–Kier alpha value is -2.59. The van der Waals surface area contributed by atoms with Crippen molar-refractivity contribution in [2.75, 3.05) is 0 Å². The van der Waals surface area contributed by atoms with Gasteiger partial charge in [-0.3, -0.25) is 0 Å². The molecule has 4 heteroatoms. The fraction of sp³-hybridized carbons (Fsp3) is 0.0833. The Bertz CT molecular complexity index is 634. The van der Waals surface area contributed by atoms with E-state index in [1.54, 1.807) is 0 Å². The second-order valence-electron chi connectivity index (χ2n) is 3.30. The molecule has 2 aromatic rings. The topological polar surface area (TPSA) is 65.4 Å². The monoisotopic (exact) mass is 208 g/mol. The lowest BCUT2D eigenvalue weighted by Crippen LogP contribution is -1.91. The number of rotatable bonds is 1. The first-order valence-corrected chi connectivity index (χ1v) is 4.69. The lowest BCUT2D eigenvalue weighted by atomic mass is 10.3.